The normalized spacial score (nSPS) is 9.92. The molecule has 0 N–H and O–H groups in total. The highest BCUT2D eigenvalue weighted by Gasteiger charge is 1.97. The first-order chi connectivity index (χ1) is 5.72. The van der Waals surface area contributed by atoms with Gasteiger partial charge in [-0.2, -0.15) is 0 Å². The smallest absolute Gasteiger partial charge is 0.127 e. The van der Waals surface area contributed by atoms with Crippen molar-refractivity contribution in [3.8, 4) is 5.75 Å². The van der Waals surface area contributed by atoms with E-state index in [-0.39, 0.29) is 5.82 Å². The summed E-state index contributed by atoms with van der Waals surface area (Å²) in [5.74, 6) is 0.260. The average molecular weight is 167 g/mol. The molecule has 1 radical (unpaired) electrons. The molecule has 12 heavy (non-hydrogen) atoms. The lowest BCUT2D eigenvalue weighted by Gasteiger charge is -2.04. The molecule has 0 aliphatic heterocycles. The van der Waals surface area contributed by atoms with E-state index < -0.39 is 0 Å². The lowest BCUT2D eigenvalue weighted by molar-refractivity contribution is 0.315. The highest BCUT2D eigenvalue weighted by atomic mass is 19.1. The number of benzene rings is 1. The van der Waals surface area contributed by atoms with Gasteiger partial charge in [0.15, 0.2) is 0 Å². The Morgan fingerprint density at radius 3 is 2.75 bits per heavy atom. The second-order valence-corrected chi connectivity index (χ2v) is 2.64. The molecule has 0 spiro atoms. The van der Waals surface area contributed by atoms with Crippen LogP contribution in [0.3, 0.4) is 0 Å². The van der Waals surface area contributed by atoms with Crippen LogP contribution in [0.1, 0.15) is 18.9 Å². The molecule has 0 saturated carbocycles. The van der Waals surface area contributed by atoms with E-state index in [4.69, 9.17) is 4.74 Å². The number of hydrogen-bond acceptors (Lipinski definition) is 1. The van der Waals surface area contributed by atoms with Gasteiger partial charge in [-0.1, -0.05) is 6.92 Å². The van der Waals surface area contributed by atoms with Gasteiger partial charge in [-0.25, -0.2) is 4.39 Å². The number of hydrogen-bond donors (Lipinski definition) is 0. The zero-order valence-corrected chi connectivity index (χ0v) is 7.14. The van der Waals surface area contributed by atoms with Crippen molar-refractivity contribution in [2.24, 2.45) is 0 Å². The maximum absolute atomic E-state index is 12.7. The Morgan fingerprint density at radius 1 is 1.42 bits per heavy atom. The molecule has 0 atom stereocenters. The van der Waals surface area contributed by atoms with E-state index in [1.54, 1.807) is 6.07 Å². The monoisotopic (exact) mass is 167 g/mol. The fourth-order valence-corrected chi connectivity index (χ4v) is 0.924. The Kier molecular flexibility index (Phi) is 3.09. The summed E-state index contributed by atoms with van der Waals surface area (Å²) in [6.45, 7) is 6.25. The molecular formula is C10H12FO. The van der Waals surface area contributed by atoms with Crippen LogP contribution in [0.4, 0.5) is 4.39 Å². The molecule has 0 fully saturated rings. The van der Waals surface area contributed by atoms with Crippen LogP contribution in [0.2, 0.25) is 0 Å². The molecule has 0 saturated heterocycles. The summed E-state index contributed by atoms with van der Waals surface area (Å²) < 4.78 is 18.0. The number of halogens is 1. The number of ether oxygens (including phenoxy) is 1. The van der Waals surface area contributed by atoms with Crippen LogP contribution in [0.15, 0.2) is 18.2 Å². The first kappa shape index (κ1) is 9.04. The molecule has 65 valence electrons. The molecule has 1 rings (SSSR count). The van der Waals surface area contributed by atoms with Gasteiger partial charge in [-0.05, 0) is 31.0 Å². The molecule has 0 heterocycles. The van der Waals surface area contributed by atoms with Crippen LogP contribution in [0.25, 0.3) is 0 Å². The SMILES string of the molecule is [CH2]c1cc(F)cc(OCCC)c1. The van der Waals surface area contributed by atoms with E-state index in [1.165, 1.54) is 12.1 Å². The second-order valence-electron chi connectivity index (χ2n) is 2.64. The summed E-state index contributed by atoms with van der Waals surface area (Å²) in [4.78, 5) is 0. The fourth-order valence-electron chi connectivity index (χ4n) is 0.924. The van der Waals surface area contributed by atoms with E-state index in [0.717, 1.165) is 6.42 Å². The molecule has 0 unspecified atom stereocenters. The second kappa shape index (κ2) is 4.10. The summed E-state index contributed by atoms with van der Waals surface area (Å²) in [5, 5.41) is 0. The third kappa shape index (κ3) is 2.53. The van der Waals surface area contributed by atoms with Crippen LogP contribution in [0, 0.1) is 12.7 Å². The van der Waals surface area contributed by atoms with E-state index in [2.05, 4.69) is 6.92 Å². The lowest BCUT2D eigenvalue weighted by Crippen LogP contribution is -1.95. The van der Waals surface area contributed by atoms with Crippen LogP contribution in [-0.4, -0.2) is 6.61 Å². The summed E-state index contributed by atoms with van der Waals surface area (Å²) in [6, 6.07) is 4.46. The van der Waals surface area contributed by atoms with Crippen molar-refractivity contribution in [1.82, 2.24) is 0 Å². The minimum Gasteiger partial charge on any atom is -0.493 e. The van der Waals surface area contributed by atoms with Crippen molar-refractivity contribution in [3.63, 3.8) is 0 Å². The molecule has 0 bridgehead atoms. The summed E-state index contributed by atoms with van der Waals surface area (Å²) in [5.41, 5.74) is 0.640. The van der Waals surface area contributed by atoms with Gasteiger partial charge in [0.25, 0.3) is 0 Å². The molecule has 0 amide bonds. The Labute approximate surface area is 72.2 Å². The van der Waals surface area contributed by atoms with Crippen molar-refractivity contribution >= 4 is 0 Å². The van der Waals surface area contributed by atoms with Crippen LogP contribution in [0.5, 0.6) is 5.75 Å². The molecular weight excluding hydrogens is 155 g/mol. The maximum atomic E-state index is 12.7. The zero-order chi connectivity index (χ0) is 8.97. The third-order valence-corrected chi connectivity index (χ3v) is 1.40. The maximum Gasteiger partial charge on any atom is 0.127 e. The standard InChI is InChI=1S/C10H12FO/c1-3-4-12-10-6-8(2)5-9(11)7-10/h5-7H,2-4H2,1H3. The highest BCUT2D eigenvalue weighted by molar-refractivity contribution is 5.30. The largest absolute Gasteiger partial charge is 0.493 e. The topological polar surface area (TPSA) is 9.23 Å². The molecule has 1 aromatic carbocycles. The molecule has 2 heteroatoms. The molecule has 1 nitrogen and oxygen atoms in total. The van der Waals surface area contributed by atoms with Crippen LogP contribution >= 0.6 is 0 Å². The molecule has 0 aliphatic rings. The van der Waals surface area contributed by atoms with Crippen LogP contribution < -0.4 is 4.74 Å². The van der Waals surface area contributed by atoms with Gasteiger partial charge in [0.05, 0.1) is 6.61 Å². The fraction of sp³-hybridized carbons (Fsp3) is 0.300. The minimum absolute atomic E-state index is 0.298. The predicted molar refractivity (Wildman–Crippen MR) is 46.6 cm³/mol. The predicted octanol–water partition coefficient (Wildman–Crippen LogP) is 2.80. The average Bonchev–Trinajstić information content (AvgIpc) is 1.99. The van der Waals surface area contributed by atoms with Gasteiger partial charge in [-0.3, -0.25) is 0 Å². The van der Waals surface area contributed by atoms with Crippen molar-refractivity contribution in [3.05, 3.63) is 36.5 Å². The first-order valence-corrected chi connectivity index (χ1v) is 3.97. The number of rotatable bonds is 3. The quantitative estimate of drug-likeness (QED) is 0.672. The summed E-state index contributed by atoms with van der Waals surface area (Å²) in [7, 11) is 0. The lowest BCUT2D eigenvalue weighted by atomic mass is 10.2. The molecule has 0 aromatic heterocycles. The highest BCUT2D eigenvalue weighted by Crippen LogP contribution is 2.15. The Morgan fingerprint density at radius 2 is 2.17 bits per heavy atom. The van der Waals surface area contributed by atoms with Gasteiger partial charge >= 0.3 is 0 Å². The summed E-state index contributed by atoms with van der Waals surface area (Å²) in [6.07, 6.45) is 0.920. The Bertz CT molecular complexity index is 238. The van der Waals surface area contributed by atoms with Crippen molar-refractivity contribution in [1.29, 1.82) is 0 Å². The van der Waals surface area contributed by atoms with Gasteiger partial charge < -0.3 is 4.74 Å². The van der Waals surface area contributed by atoms with E-state index in [9.17, 15) is 4.39 Å². The molecule has 1 aromatic rings. The van der Waals surface area contributed by atoms with Crippen molar-refractivity contribution in [2.75, 3.05) is 6.61 Å². The van der Waals surface area contributed by atoms with Gasteiger partial charge in [0.1, 0.15) is 11.6 Å². The minimum atomic E-state index is -0.298. The zero-order valence-electron chi connectivity index (χ0n) is 7.14. The van der Waals surface area contributed by atoms with E-state index in [0.29, 0.717) is 17.9 Å². The third-order valence-electron chi connectivity index (χ3n) is 1.40. The van der Waals surface area contributed by atoms with Gasteiger partial charge in [-0.15, -0.1) is 0 Å². The first-order valence-electron chi connectivity index (χ1n) is 3.97. The Balaban J connectivity index is 2.72. The summed E-state index contributed by atoms with van der Waals surface area (Å²) >= 11 is 0. The van der Waals surface area contributed by atoms with E-state index in [1.807, 2.05) is 6.92 Å². The van der Waals surface area contributed by atoms with Crippen molar-refractivity contribution < 1.29 is 9.13 Å². The molecule has 0 aliphatic carbocycles. The van der Waals surface area contributed by atoms with Crippen molar-refractivity contribution in [2.45, 2.75) is 13.3 Å². The Hall–Kier alpha value is -1.05. The van der Waals surface area contributed by atoms with Gasteiger partial charge in [0.2, 0.25) is 0 Å². The van der Waals surface area contributed by atoms with Gasteiger partial charge in [0, 0.05) is 6.07 Å². The van der Waals surface area contributed by atoms with E-state index >= 15 is 0 Å². The van der Waals surface area contributed by atoms with Crippen LogP contribution in [-0.2, 0) is 0 Å².